The Balaban J connectivity index is 1.78. The third-order valence-corrected chi connectivity index (χ3v) is 11.1. The minimum Gasteiger partial charge on any atom is -0.422 e. The minimum atomic E-state index is -1.23. The van der Waals surface area contributed by atoms with E-state index in [4.69, 9.17) is 8.23 Å². The van der Waals surface area contributed by atoms with Crippen molar-refractivity contribution in [3.8, 4) is 0 Å². The molecule has 0 aromatic heterocycles. The van der Waals surface area contributed by atoms with Gasteiger partial charge in [-0.1, -0.05) is 60.7 Å². The Morgan fingerprint density at radius 2 is 1.37 bits per heavy atom. The molecule has 1 fully saturated rings. The van der Waals surface area contributed by atoms with Gasteiger partial charge in [-0.25, -0.2) is 0 Å². The van der Waals surface area contributed by atoms with Gasteiger partial charge in [-0.15, -0.1) is 0 Å². The van der Waals surface area contributed by atoms with Crippen molar-refractivity contribution in [2.45, 2.75) is 6.04 Å². The molecule has 1 aliphatic heterocycles. The summed E-state index contributed by atoms with van der Waals surface area (Å²) >= 11 is 0. The summed E-state index contributed by atoms with van der Waals surface area (Å²) in [6.07, 6.45) is 1.19. The summed E-state index contributed by atoms with van der Waals surface area (Å²) in [5.74, 6) is 0. The van der Waals surface area contributed by atoms with Crippen LogP contribution in [0.1, 0.15) is 0 Å². The van der Waals surface area contributed by atoms with Crippen LogP contribution in [0.5, 0.6) is 0 Å². The largest absolute Gasteiger partial charge is 0.422 e. The molecule has 0 unspecified atom stereocenters. The molecule has 0 N–H and O–H groups in total. The maximum Gasteiger partial charge on any atom is 0.303 e. The zero-order valence-electron chi connectivity index (χ0n) is 10.7. The molecule has 2 aromatic rings. The van der Waals surface area contributed by atoms with Crippen molar-refractivity contribution >= 4 is 37.8 Å². The van der Waals surface area contributed by atoms with E-state index in [-0.39, 0.29) is 7.92 Å². The first-order chi connectivity index (χ1) is 9.43. The van der Waals surface area contributed by atoms with Crippen LogP contribution in [0.3, 0.4) is 0 Å². The van der Waals surface area contributed by atoms with Crippen molar-refractivity contribution in [3.63, 3.8) is 0 Å². The minimum absolute atomic E-state index is 0.265. The zero-order chi connectivity index (χ0) is 12.9. The lowest BCUT2D eigenvalue weighted by atomic mass is 10.4. The molecule has 1 aliphatic rings. The Labute approximate surface area is 119 Å². The quantitative estimate of drug-likeness (QED) is 0.614. The van der Waals surface area contributed by atoms with Gasteiger partial charge in [0.15, 0.2) is 0 Å². The van der Waals surface area contributed by atoms with Gasteiger partial charge >= 0.3 is 9.28 Å². The van der Waals surface area contributed by atoms with Crippen molar-refractivity contribution in [1.29, 1.82) is 0 Å². The SMILES string of the molecule is c1ccc(P(CC[SiH]2O[SiH2]O2)c2ccccc2)cc1. The molecule has 5 heteroatoms. The van der Waals surface area contributed by atoms with Crippen molar-refractivity contribution < 1.29 is 8.23 Å². The Hall–Kier alpha value is -0.776. The van der Waals surface area contributed by atoms with Crippen LogP contribution >= 0.6 is 7.92 Å². The number of hydrogen-bond acceptors (Lipinski definition) is 2. The molecule has 2 nitrogen and oxygen atoms in total. The second-order valence-corrected chi connectivity index (χ2v) is 11.2. The molecule has 19 heavy (non-hydrogen) atoms. The molecular formula is C14H17O2PSi2. The smallest absolute Gasteiger partial charge is 0.303 e. The summed E-state index contributed by atoms with van der Waals surface area (Å²) in [4.78, 5) is 0. The predicted molar refractivity (Wildman–Crippen MR) is 86.6 cm³/mol. The molecule has 0 amide bonds. The second kappa shape index (κ2) is 6.59. The predicted octanol–water partition coefficient (Wildman–Crippen LogP) is 1.39. The Kier molecular flexibility index (Phi) is 4.59. The first kappa shape index (κ1) is 13.2. The third kappa shape index (κ3) is 3.41. The molecule has 2 aromatic carbocycles. The summed E-state index contributed by atoms with van der Waals surface area (Å²) in [7, 11) is -2.04. The zero-order valence-corrected chi connectivity index (χ0v) is 14.2. The Bertz CT molecular complexity index is 466. The van der Waals surface area contributed by atoms with Crippen LogP contribution in [-0.2, 0) is 8.23 Å². The van der Waals surface area contributed by atoms with Gasteiger partial charge in [0.25, 0.3) is 10.0 Å². The maximum atomic E-state index is 5.62. The van der Waals surface area contributed by atoms with E-state index in [9.17, 15) is 0 Å². The van der Waals surface area contributed by atoms with Crippen molar-refractivity contribution in [2.24, 2.45) is 0 Å². The topological polar surface area (TPSA) is 18.5 Å². The van der Waals surface area contributed by atoms with Crippen LogP contribution in [0.15, 0.2) is 60.7 Å². The van der Waals surface area contributed by atoms with Crippen LogP contribution in [-0.4, -0.2) is 25.5 Å². The third-order valence-electron chi connectivity index (χ3n) is 3.23. The highest BCUT2D eigenvalue weighted by atomic mass is 31.1. The first-order valence-electron chi connectivity index (χ1n) is 6.54. The van der Waals surface area contributed by atoms with E-state index in [2.05, 4.69) is 60.7 Å². The monoisotopic (exact) mass is 304 g/mol. The summed E-state index contributed by atoms with van der Waals surface area (Å²) < 4.78 is 11.2. The fourth-order valence-corrected chi connectivity index (χ4v) is 8.59. The van der Waals surface area contributed by atoms with Gasteiger partial charge in [-0.2, -0.15) is 0 Å². The Morgan fingerprint density at radius 3 is 1.79 bits per heavy atom. The fourth-order valence-electron chi connectivity index (χ4n) is 2.19. The van der Waals surface area contributed by atoms with E-state index in [0.717, 1.165) is 6.04 Å². The van der Waals surface area contributed by atoms with E-state index >= 15 is 0 Å². The number of hydrogen-bond donors (Lipinski definition) is 0. The molecular weight excluding hydrogens is 287 g/mol. The van der Waals surface area contributed by atoms with Gasteiger partial charge in [0, 0.05) is 0 Å². The second-order valence-electron chi connectivity index (χ2n) is 4.49. The standard InChI is InChI=1S/C14H17O2PSi2/c1-3-7-13(8-4-1)17(11-12-19-15-18-16-19)14-9-5-2-6-10-14/h1-10,19H,11-12,18H2. The summed E-state index contributed by atoms with van der Waals surface area (Å²) in [6.45, 7) is 0. The molecule has 0 radical (unpaired) electrons. The summed E-state index contributed by atoms with van der Waals surface area (Å²) in [5, 5.41) is 2.91. The van der Waals surface area contributed by atoms with Crippen LogP contribution in [0.25, 0.3) is 0 Å². The number of rotatable bonds is 5. The lowest BCUT2D eigenvalue weighted by Crippen LogP contribution is -2.39. The first-order valence-corrected chi connectivity index (χ1v) is 11.0. The Morgan fingerprint density at radius 1 is 0.842 bits per heavy atom. The van der Waals surface area contributed by atoms with Gasteiger partial charge < -0.3 is 8.23 Å². The van der Waals surface area contributed by atoms with Crippen LogP contribution < -0.4 is 10.6 Å². The van der Waals surface area contributed by atoms with Gasteiger partial charge in [0.1, 0.15) is 0 Å². The van der Waals surface area contributed by atoms with Crippen molar-refractivity contribution in [1.82, 2.24) is 0 Å². The number of benzene rings is 2. The van der Waals surface area contributed by atoms with Crippen LogP contribution in [0.4, 0.5) is 0 Å². The molecule has 1 saturated heterocycles. The highest BCUT2D eigenvalue weighted by Gasteiger charge is 2.24. The molecule has 1 heterocycles. The van der Waals surface area contributed by atoms with Crippen LogP contribution in [0.2, 0.25) is 6.04 Å². The molecule has 0 atom stereocenters. The van der Waals surface area contributed by atoms with Crippen molar-refractivity contribution in [2.75, 3.05) is 6.16 Å². The molecule has 0 saturated carbocycles. The van der Waals surface area contributed by atoms with Gasteiger partial charge in [-0.05, 0) is 30.7 Å². The van der Waals surface area contributed by atoms with Gasteiger partial charge in [-0.3, -0.25) is 0 Å². The summed E-state index contributed by atoms with van der Waals surface area (Å²) in [6, 6.07) is 22.8. The molecule has 98 valence electrons. The van der Waals surface area contributed by atoms with Crippen molar-refractivity contribution in [3.05, 3.63) is 60.7 Å². The lowest BCUT2D eigenvalue weighted by molar-refractivity contribution is 0.313. The average molecular weight is 304 g/mol. The lowest BCUT2D eigenvalue weighted by Gasteiger charge is -2.27. The molecule has 0 spiro atoms. The highest BCUT2D eigenvalue weighted by molar-refractivity contribution is 7.73. The normalized spacial score (nSPS) is 19.5. The molecule has 0 bridgehead atoms. The van der Waals surface area contributed by atoms with E-state index in [1.165, 1.54) is 16.8 Å². The maximum absolute atomic E-state index is 5.62. The summed E-state index contributed by atoms with van der Waals surface area (Å²) in [5.41, 5.74) is 0. The van der Waals surface area contributed by atoms with Gasteiger partial charge in [0.2, 0.25) is 0 Å². The average Bonchev–Trinajstić information content (AvgIpc) is 2.43. The van der Waals surface area contributed by atoms with E-state index < -0.39 is 19.3 Å². The molecule has 3 rings (SSSR count). The van der Waals surface area contributed by atoms with Crippen LogP contribution in [0, 0.1) is 0 Å². The fraction of sp³-hybridized carbons (Fsp3) is 0.143. The van der Waals surface area contributed by atoms with Gasteiger partial charge in [0.05, 0.1) is 0 Å². The van der Waals surface area contributed by atoms with E-state index in [0.29, 0.717) is 0 Å². The molecule has 0 aliphatic carbocycles. The van der Waals surface area contributed by atoms with E-state index in [1.807, 2.05) is 0 Å². The van der Waals surface area contributed by atoms with E-state index in [1.54, 1.807) is 0 Å². The highest BCUT2D eigenvalue weighted by Crippen LogP contribution is 2.35.